The average molecular weight is 303 g/mol. The first-order chi connectivity index (χ1) is 9.97. The first-order valence-electron chi connectivity index (χ1n) is 7.34. The van der Waals surface area contributed by atoms with Crippen LogP contribution in [0.25, 0.3) is 0 Å². The number of halogens is 3. The van der Waals surface area contributed by atoms with Gasteiger partial charge in [-0.1, -0.05) is 37.5 Å². The minimum atomic E-state index is -4.44. The van der Waals surface area contributed by atoms with Gasteiger partial charge in [0.25, 0.3) is 0 Å². The summed E-state index contributed by atoms with van der Waals surface area (Å²) in [5.41, 5.74) is 0. The van der Waals surface area contributed by atoms with Crippen LogP contribution in [0.4, 0.5) is 18.0 Å². The van der Waals surface area contributed by atoms with Gasteiger partial charge in [0.15, 0.2) is 0 Å². The number of ether oxygens (including phenoxy) is 1. The fraction of sp³-hybridized carbons (Fsp3) is 0.667. The summed E-state index contributed by atoms with van der Waals surface area (Å²) in [4.78, 5) is 11.7. The number of rotatable bonds is 3. The number of alkyl halides is 3. The Bertz CT molecular complexity index is 412. The van der Waals surface area contributed by atoms with Crippen molar-refractivity contribution in [2.75, 3.05) is 0 Å². The van der Waals surface area contributed by atoms with Crippen LogP contribution >= 0.6 is 0 Å². The normalized spacial score (nSPS) is 24.6. The van der Waals surface area contributed by atoms with Crippen LogP contribution in [0.1, 0.15) is 38.5 Å². The second-order valence-electron chi connectivity index (χ2n) is 5.55. The SMILES string of the molecule is O=C(N[C@@H](C1CCCCC1)C(F)(F)F)OC1C=CC=CC1. The molecule has 2 atom stereocenters. The lowest BCUT2D eigenvalue weighted by Crippen LogP contribution is -2.51. The van der Waals surface area contributed by atoms with Crippen molar-refractivity contribution >= 4 is 6.09 Å². The fourth-order valence-corrected chi connectivity index (χ4v) is 2.88. The lowest BCUT2D eigenvalue weighted by atomic mass is 9.83. The molecule has 0 spiro atoms. The number of nitrogens with one attached hydrogen (secondary N) is 1. The molecule has 0 saturated heterocycles. The minimum Gasteiger partial charge on any atom is -0.442 e. The van der Waals surface area contributed by atoms with E-state index in [2.05, 4.69) is 0 Å². The lowest BCUT2D eigenvalue weighted by Gasteiger charge is -2.32. The zero-order chi connectivity index (χ0) is 15.3. The van der Waals surface area contributed by atoms with Crippen LogP contribution in [0.2, 0.25) is 0 Å². The van der Waals surface area contributed by atoms with E-state index in [1.807, 2.05) is 5.32 Å². The Hall–Kier alpha value is -1.46. The molecule has 118 valence electrons. The molecule has 0 aromatic heterocycles. The van der Waals surface area contributed by atoms with E-state index in [9.17, 15) is 18.0 Å². The summed E-state index contributed by atoms with van der Waals surface area (Å²) in [5.74, 6) is -0.548. The number of hydrogen-bond donors (Lipinski definition) is 1. The second kappa shape index (κ2) is 7.00. The highest BCUT2D eigenvalue weighted by atomic mass is 19.4. The maximum Gasteiger partial charge on any atom is 0.409 e. The van der Waals surface area contributed by atoms with Crippen LogP contribution < -0.4 is 5.32 Å². The average Bonchev–Trinajstić information content (AvgIpc) is 2.45. The number of allylic oxidation sites excluding steroid dienone is 2. The molecule has 1 fully saturated rings. The molecule has 2 rings (SSSR count). The van der Waals surface area contributed by atoms with Crippen LogP contribution in [0, 0.1) is 5.92 Å². The van der Waals surface area contributed by atoms with E-state index in [1.54, 1.807) is 24.3 Å². The van der Waals surface area contributed by atoms with Gasteiger partial charge in [-0.05, 0) is 24.8 Å². The Balaban J connectivity index is 1.92. The second-order valence-corrected chi connectivity index (χ2v) is 5.55. The summed E-state index contributed by atoms with van der Waals surface area (Å²) in [6.07, 6.45) is 5.06. The summed E-state index contributed by atoms with van der Waals surface area (Å²) in [7, 11) is 0. The fourth-order valence-electron chi connectivity index (χ4n) is 2.88. The first-order valence-corrected chi connectivity index (χ1v) is 7.34. The van der Waals surface area contributed by atoms with E-state index in [4.69, 9.17) is 4.74 Å². The number of carbonyl (C=O) groups is 1. The topological polar surface area (TPSA) is 38.3 Å². The van der Waals surface area contributed by atoms with E-state index in [0.717, 1.165) is 19.3 Å². The highest BCUT2D eigenvalue weighted by Gasteiger charge is 2.46. The molecule has 1 amide bonds. The molecule has 6 heteroatoms. The van der Waals surface area contributed by atoms with Gasteiger partial charge < -0.3 is 10.1 Å². The number of alkyl carbamates (subject to hydrolysis) is 1. The highest BCUT2D eigenvalue weighted by molar-refractivity contribution is 5.68. The smallest absolute Gasteiger partial charge is 0.409 e. The summed E-state index contributed by atoms with van der Waals surface area (Å²) in [5, 5.41) is 2.03. The standard InChI is InChI=1S/C15H20F3NO2/c16-15(17,18)13(11-7-3-1-4-8-11)19-14(20)21-12-9-5-2-6-10-12/h2,5-6,9,11-13H,1,3-4,7-8,10H2,(H,19,20)/t12?,13-/m0/s1. The molecule has 1 N–H and O–H groups in total. The number of amides is 1. The molecule has 21 heavy (non-hydrogen) atoms. The van der Waals surface area contributed by atoms with Gasteiger partial charge in [0.05, 0.1) is 0 Å². The maximum absolute atomic E-state index is 13.1. The van der Waals surface area contributed by atoms with Crippen molar-refractivity contribution in [2.24, 2.45) is 5.92 Å². The monoisotopic (exact) mass is 303 g/mol. The van der Waals surface area contributed by atoms with Crippen molar-refractivity contribution < 1.29 is 22.7 Å². The van der Waals surface area contributed by atoms with Crippen LogP contribution in [-0.2, 0) is 4.74 Å². The highest BCUT2D eigenvalue weighted by Crippen LogP contribution is 2.34. The van der Waals surface area contributed by atoms with Gasteiger partial charge in [0.2, 0.25) is 0 Å². The summed E-state index contributed by atoms with van der Waals surface area (Å²) >= 11 is 0. The van der Waals surface area contributed by atoms with Gasteiger partial charge in [-0.3, -0.25) is 0 Å². The molecule has 3 nitrogen and oxygen atoms in total. The third-order valence-corrected chi connectivity index (χ3v) is 3.95. The quantitative estimate of drug-likeness (QED) is 0.852. The molecule has 0 aromatic rings. The van der Waals surface area contributed by atoms with Crippen molar-refractivity contribution in [3.05, 3.63) is 24.3 Å². The van der Waals surface area contributed by atoms with Gasteiger partial charge >= 0.3 is 12.3 Å². The Labute approximate surface area is 122 Å². The van der Waals surface area contributed by atoms with Crippen LogP contribution in [0.5, 0.6) is 0 Å². The van der Waals surface area contributed by atoms with Crippen LogP contribution in [0.3, 0.4) is 0 Å². The number of hydrogen-bond acceptors (Lipinski definition) is 2. The van der Waals surface area contributed by atoms with E-state index in [-0.39, 0.29) is 0 Å². The Morgan fingerprint density at radius 2 is 1.90 bits per heavy atom. The van der Waals surface area contributed by atoms with Gasteiger partial charge in [-0.15, -0.1) is 0 Å². The minimum absolute atomic E-state index is 0.490. The Morgan fingerprint density at radius 1 is 1.19 bits per heavy atom. The van der Waals surface area contributed by atoms with Crippen molar-refractivity contribution in [1.29, 1.82) is 0 Å². The van der Waals surface area contributed by atoms with Gasteiger partial charge in [-0.25, -0.2) is 4.79 Å². The molecule has 0 bridgehead atoms. The summed E-state index contributed by atoms with van der Waals surface area (Å²) < 4.78 is 44.5. The predicted molar refractivity (Wildman–Crippen MR) is 72.7 cm³/mol. The van der Waals surface area contributed by atoms with Crippen molar-refractivity contribution in [3.63, 3.8) is 0 Å². The molecular formula is C15H20F3NO2. The maximum atomic E-state index is 13.1. The predicted octanol–water partition coefficient (Wildman–Crippen LogP) is 4.11. The molecule has 1 unspecified atom stereocenters. The van der Waals surface area contributed by atoms with Gasteiger partial charge in [0, 0.05) is 6.42 Å². The van der Waals surface area contributed by atoms with Crippen LogP contribution in [-0.4, -0.2) is 24.4 Å². The molecule has 0 heterocycles. The molecular weight excluding hydrogens is 283 g/mol. The molecule has 0 aromatic carbocycles. The van der Waals surface area contributed by atoms with E-state index in [0.29, 0.717) is 19.3 Å². The third kappa shape index (κ3) is 4.79. The molecule has 0 aliphatic heterocycles. The molecule has 0 radical (unpaired) electrons. The summed E-state index contributed by atoms with van der Waals surface area (Å²) in [6.45, 7) is 0. The zero-order valence-corrected chi connectivity index (χ0v) is 11.7. The van der Waals surface area contributed by atoms with E-state index >= 15 is 0 Å². The van der Waals surface area contributed by atoms with Gasteiger partial charge in [-0.2, -0.15) is 13.2 Å². The van der Waals surface area contributed by atoms with E-state index < -0.39 is 30.3 Å². The van der Waals surface area contributed by atoms with E-state index in [1.165, 1.54) is 0 Å². The van der Waals surface area contributed by atoms with Crippen molar-refractivity contribution in [3.8, 4) is 0 Å². The number of carbonyl (C=O) groups excluding carboxylic acids is 1. The lowest BCUT2D eigenvalue weighted by molar-refractivity contribution is -0.168. The third-order valence-electron chi connectivity index (χ3n) is 3.95. The van der Waals surface area contributed by atoms with Crippen molar-refractivity contribution in [1.82, 2.24) is 5.32 Å². The summed E-state index contributed by atoms with van der Waals surface area (Å²) in [6, 6.07) is -1.81. The van der Waals surface area contributed by atoms with Crippen LogP contribution in [0.15, 0.2) is 24.3 Å². The molecule has 2 aliphatic rings. The van der Waals surface area contributed by atoms with Gasteiger partial charge in [0.1, 0.15) is 12.1 Å². The van der Waals surface area contributed by atoms with Crippen molar-refractivity contribution in [2.45, 2.75) is 56.8 Å². The Morgan fingerprint density at radius 3 is 2.48 bits per heavy atom. The molecule has 2 aliphatic carbocycles. The molecule has 1 saturated carbocycles. The zero-order valence-electron chi connectivity index (χ0n) is 11.7. The first kappa shape index (κ1) is 15.9. The Kier molecular flexibility index (Phi) is 5.31. The largest absolute Gasteiger partial charge is 0.442 e.